The second-order valence-electron chi connectivity index (χ2n) is 4.91. The average Bonchev–Trinajstić information content (AvgIpc) is 2.95. The third kappa shape index (κ3) is 5.22. The van der Waals surface area contributed by atoms with Gasteiger partial charge in [-0.1, -0.05) is 24.6 Å². The van der Waals surface area contributed by atoms with Crippen LogP contribution in [0.2, 0.25) is 5.02 Å². The number of carbonyl (C=O) groups excluding carboxylic acids is 2. The van der Waals surface area contributed by atoms with Crippen LogP contribution in [-0.4, -0.2) is 23.0 Å². The van der Waals surface area contributed by atoms with E-state index >= 15 is 0 Å². The average molecular weight is 353 g/mol. The molecule has 1 aromatic carbocycles. The first kappa shape index (κ1) is 17.2. The number of urea groups is 1. The van der Waals surface area contributed by atoms with Crippen molar-refractivity contribution in [2.75, 3.05) is 10.6 Å². The quantitative estimate of drug-likeness (QED) is 0.761. The minimum atomic E-state index is -0.449. The van der Waals surface area contributed by atoms with Gasteiger partial charge in [0, 0.05) is 22.1 Å². The summed E-state index contributed by atoms with van der Waals surface area (Å²) >= 11 is 7.04. The van der Waals surface area contributed by atoms with Crippen molar-refractivity contribution in [2.45, 2.75) is 26.3 Å². The number of nitrogens with zero attached hydrogens (tertiary/aromatic N) is 1. The maximum Gasteiger partial charge on any atom is 0.325 e. The molecule has 1 atom stereocenters. The van der Waals surface area contributed by atoms with Crippen molar-refractivity contribution in [3.8, 4) is 0 Å². The normalized spacial score (nSPS) is 11.6. The van der Waals surface area contributed by atoms with E-state index in [9.17, 15) is 9.59 Å². The predicted molar refractivity (Wildman–Crippen MR) is 93.4 cm³/mol. The summed E-state index contributed by atoms with van der Waals surface area (Å²) in [6.45, 7) is 3.90. The molecule has 0 fully saturated rings. The summed E-state index contributed by atoms with van der Waals surface area (Å²) in [5.41, 5.74) is 0.856. The van der Waals surface area contributed by atoms with Crippen molar-refractivity contribution >= 4 is 45.7 Å². The molecular formula is C15H17ClN4O2S. The van der Waals surface area contributed by atoms with Gasteiger partial charge in [0.25, 0.3) is 5.91 Å². The number of thiazole rings is 1. The van der Waals surface area contributed by atoms with E-state index in [1.165, 1.54) is 11.3 Å². The van der Waals surface area contributed by atoms with Crippen molar-refractivity contribution in [3.63, 3.8) is 0 Å². The molecule has 0 aliphatic heterocycles. The summed E-state index contributed by atoms with van der Waals surface area (Å²) in [4.78, 5) is 27.9. The first-order valence-electron chi connectivity index (χ1n) is 7.08. The Balaban J connectivity index is 1.93. The minimum Gasteiger partial charge on any atom is -0.348 e. The number of carbonyl (C=O) groups is 2. The summed E-state index contributed by atoms with van der Waals surface area (Å²) in [5, 5.41) is 10.5. The van der Waals surface area contributed by atoms with Crippen LogP contribution < -0.4 is 16.0 Å². The van der Waals surface area contributed by atoms with Crippen LogP contribution in [0.4, 0.5) is 15.6 Å². The van der Waals surface area contributed by atoms with Gasteiger partial charge >= 0.3 is 6.03 Å². The molecule has 0 radical (unpaired) electrons. The van der Waals surface area contributed by atoms with Crippen LogP contribution in [0.15, 0.2) is 29.6 Å². The zero-order valence-electron chi connectivity index (χ0n) is 12.7. The Morgan fingerprint density at radius 3 is 2.83 bits per heavy atom. The molecule has 6 nitrogen and oxygen atoms in total. The number of anilines is 2. The lowest BCUT2D eigenvalue weighted by Crippen LogP contribution is -2.32. The van der Waals surface area contributed by atoms with Gasteiger partial charge in [0.2, 0.25) is 0 Å². The zero-order valence-corrected chi connectivity index (χ0v) is 14.3. The Morgan fingerprint density at radius 1 is 1.35 bits per heavy atom. The van der Waals surface area contributed by atoms with Crippen LogP contribution in [0, 0.1) is 0 Å². The fraction of sp³-hybridized carbons (Fsp3) is 0.267. The van der Waals surface area contributed by atoms with Crippen LogP contribution in [0.3, 0.4) is 0 Å². The fourth-order valence-corrected chi connectivity index (χ4v) is 2.54. The van der Waals surface area contributed by atoms with Crippen LogP contribution in [0.1, 0.15) is 30.8 Å². The number of rotatable bonds is 5. The SMILES string of the molecule is CCC(C)NC(=O)c1csc(NC(=O)Nc2cccc(Cl)c2)n1. The van der Waals surface area contributed by atoms with Crippen molar-refractivity contribution in [1.82, 2.24) is 10.3 Å². The van der Waals surface area contributed by atoms with Crippen LogP contribution >= 0.6 is 22.9 Å². The third-order valence-electron chi connectivity index (χ3n) is 3.03. The van der Waals surface area contributed by atoms with E-state index in [0.717, 1.165) is 6.42 Å². The molecule has 2 aromatic rings. The standard InChI is InChI=1S/C15H17ClN4O2S/c1-3-9(2)17-13(21)12-8-23-15(19-12)20-14(22)18-11-6-4-5-10(16)7-11/h4-9H,3H2,1-2H3,(H,17,21)(H2,18,19,20,22). The number of aromatic nitrogens is 1. The molecule has 0 saturated heterocycles. The summed E-state index contributed by atoms with van der Waals surface area (Å²) in [7, 11) is 0. The van der Waals surface area contributed by atoms with Gasteiger partial charge in [-0.25, -0.2) is 9.78 Å². The number of halogens is 1. The maximum absolute atomic E-state index is 11.9. The van der Waals surface area contributed by atoms with Gasteiger partial charge in [0.15, 0.2) is 5.13 Å². The van der Waals surface area contributed by atoms with Gasteiger partial charge in [-0.3, -0.25) is 10.1 Å². The number of hydrogen-bond donors (Lipinski definition) is 3. The first-order valence-corrected chi connectivity index (χ1v) is 8.33. The molecule has 0 aliphatic carbocycles. The Kier molecular flexibility index (Phi) is 5.95. The van der Waals surface area contributed by atoms with E-state index in [0.29, 0.717) is 15.8 Å². The molecule has 0 bridgehead atoms. The molecule has 1 aromatic heterocycles. The van der Waals surface area contributed by atoms with Crippen LogP contribution in [0.25, 0.3) is 0 Å². The molecule has 0 spiro atoms. The van der Waals surface area contributed by atoms with Crippen molar-refractivity contribution < 1.29 is 9.59 Å². The largest absolute Gasteiger partial charge is 0.348 e. The number of hydrogen-bond acceptors (Lipinski definition) is 4. The lowest BCUT2D eigenvalue weighted by molar-refractivity contribution is 0.0935. The molecule has 122 valence electrons. The van der Waals surface area contributed by atoms with Gasteiger partial charge < -0.3 is 10.6 Å². The smallest absolute Gasteiger partial charge is 0.325 e. The highest BCUT2D eigenvalue weighted by Gasteiger charge is 2.14. The Morgan fingerprint density at radius 2 is 2.13 bits per heavy atom. The molecule has 23 heavy (non-hydrogen) atoms. The highest BCUT2D eigenvalue weighted by Crippen LogP contribution is 2.18. The summed E-state index contributed by atoms with van der Waals surface area (Å²) in [6.07, 6.45) is 0.836. The first-order chi connectivity index (χ1) is 11.0. The van der Waals surface area contributed by atoms with Crippen molar-refractivity contribution in [1.29, 1.82) is 0 Å². The summed E-state index contributed by atoms with van der Waals surface area (Å²) in [5.74, 6) is -0.251. The minimum absolute atomic E-state index is 0.0757. The monoisotopic (exact) mass is 352 g/mol. The van der Waals surface area contributed by atoms with Crippen LogP contribution in [-0.2, 0) is 0 Å². The Labute approximate surface area is 143 Å². The van der Waals surface area contributed by atoms with E-state index in [1.807, 2.05) is 13.8 Å². The number of nitrogens with one attached hydrogen (secondary N) is 3. The molecule has 0 aliphatic rings. The highest BCUT2D eigenvalue weighted by molar-refractivity contribution is 7.14. The lowest BCUT2D eigenvalue weighted by atomic mass is 10.2. The van der Waals surface area contributed by atoms with E-state index < -0.39 is 6.03 Å². The van der Waals surface area contributed by atoms with Gasteiger partial charge in [-0.15, -0.1) is 11.3 Å². The zero-order chi connectivity index (χ0) is 16.8. The van der Waals surface area contributed by atoms with Gasteiger partial charge in [0.05, 0.1) is 0 Å². The molecule has 3 N–H and O–H groups in total. The number of benzene rings is 1. The van der Waals surface area contributed by atoms with Crippen LogP contribution in [0.5, 0.6) is 0 Å². The third-order valence-corrected chi connectivity index (χ3v) is 4.02. The van der Waals surface area contributed by atoms with Gasteiger partial charge in [-0.05, 0) is 31.5 Å². The highest BCUT2D eigenvalue weighted by atomic mass is 35.5. The molecule has 1 unspecified atom stereocenters. The van der Waals surface area contributed by atoms with E-state index in [2.05, 4.69) is 20.9 Å². The van der Waals surface area contributed by atoms with E-state index in [-0.39, 0.29) is 17.6 Å². The second-order valence-corrected chi connectivity index (χ2v) is 6.20. The molecular weight excluding hydrogens is 336 g/mol. The Bertz CT molecular complexity index is 704. The van der Waals surface area contributed by atoms with E-state index in [1.54, 1.807) is 29.6 Å². The molecule has 1 heterocycles. The predicted octanol–water partition coefficient (Wildman–Crippen LogP) is 3.97. The van der Waals surface area contributed by atoms with Gasteiger partial charge in [-0.2, -0.15) is 0 Å². The van der Waals surface area contributed by atoms with Crippen molar-refractivity contribution in [2.24, 2.45) is 0 Å². The van der Waals surface area contributed by atoms with Gasteiger partial charge in [0.1, 0.15) is 5.69 Å². The maximum atomic E-state index is 11.9. The topological polar surface area (TPSA) is 83.1 Å². The molecule has 2 rings (SSSR count). The number of amides is 3. The summed E-state index contributed by atoms with van der Waals surface area (Å²) in [6, 6.07) is 6.43. The Hall–Kier alpha value is -2.12. The fourth-order valence-electron chi connectivity index (χ4n) is 1.66. The second kappa shape index (κ2) is 7.94. The molecule has 8 heteroatoms. The lowest BCUT2D eigenvalue weighted by Gasteiger charge is -2.09. The summed E-state index contributed by atoms with van der Waals surface area (Å²) < 4.78 is 0. The molecule has 0 saturated carbocycles. The van der Waals surface area contributed by atoms with Crippen molar-refractivity contribution in [3.05, 3.63) is 40.4 Å². The van der Waals surface area contributed by atoms with E-state index in [4.69, 9.17) is 11.6 Å². The molecule has 3 amide bonds.